The van der Waals surface area contributed by atoms with Gasteiger partial charge < -0.3 is 5.11 Å². The number of thioether (sulfide) groups is 1. The van der Waals surface area contributed by atoms with Crippen molar-refractivity contribution in [3.63, 3.8) is 0 Å². The van der Waals surface area contributed by atoms with E-state index >= 15 is 0 Å². The van der Waals surface area contributed by atoms with Gasteiger partial charge in [-0.05, 0) is 17.7 Å². The smallest absolute Gasteiger partial charge is 0.431 e. The van der Waals surface area contributed by atoms with Crippen LogP contribution in [0.15, 0.2) is 63.1 Å². The van der Waals surface area contributed by atoms with Gasteiger partial charge in [-0.1, -0.05) is 53.7 Å². The average molecular weight is 585 g/mol. The molecule has 2 heterocycles. The van der Waals surface area contributed by atoms with Gasteiger partial charge in [-0.3, -0.25) is 19.1 Å². The first kappa shape index (κ1) is 28.1. The van der Waals surface area contributed by atoms with Crippen molar-refractivity contribution in [3.8, 4) is 5.69 Å². The molecule has 0 saturated carbocycles. The summed E-state index contributed by atoms with van der Waals surface area (Å²) in [6.45, 7) is 0. The van der Waals surface area contributed by atoms with E-state index in [1.54, 1.807) is 30.3 Å². The van der Waals surface area contributed by atoms with E-state index in [1.165, 1.54) is 0 Å². The number of amides is 1. The zero-order valence-corrected chi connectivity index (χ0v) is 21.3. The highest BCUT2D eigenvalue weighted by atomic mass is 35.5. The second-order valence-corrected chi connectivity index (χ2v) is 9.64. The predicted octanol–water partition coefficient (Wildman–Crippen LogP) is 3.61. The highest BCUT2D eigenvalue weighted by Gasteiger charge is 2.39. The number of hydrogen-bond donors (Lipinski definition) is 1. The van der Waals surface area contributed by atoms with Gasteiger partial charge in [0.25, 0.3) is 5.56 Å². The molecule has 204 valence electrons. The first-order valence-corrected chi connectivity index (χ1v) is 12.4. The average Bonchev–Trinajstić information content (AvgIpc) is 3.21. The van der Waals surface area contributed by atoms with Gasteiger partial charge in [-0.15, -0.1) is 0 Å². The standard InChI is InChI=1S/C24H17ClF4N4O5S/c1-31-18(24(27,28)29)10-19(34)33(23(31)38)16-9-15(13(25)8-14(16)26)30-22-32(20(35)11-39-22)17(21(36)37)7-12-5-3-2-4-6-12/h2-6,8-10,17H,7,11H2,1H3,(H,36,37). The molecule has 0 bridgehead atoms. The second kappa shape index (κ2) is 10.7. The summed E-state index contributed by atoms with van der Waals surface area (Å²) < 4.78 is 54.8. The molecule has 1 aromatic heterocycles. The van der Waals surface area contributed by atoms with Gasteiger partial charge in [0.1, 0.15) is 17.6 Å². The summed E-state index contributed by atoms with van der Waals surface area (Å²) in [4.78, 5) is 55.1. The van der Waals surface area contributed by atoms with Crippen LogP contribution in [0, 0.1) is 5.82 Å². The van der Waals surface area contributed by atoms with E-state index < -0.39 is 52.5 Å². The van der Waals surface area contributed by atoms with Gasteiger partial charge in [0, 0.05) is 19.5 Å². The number of halogens is 5. The molecule has 1 aliphatic rings. The summed E-state index contributed by atoms with van der Waals surface area (Å²) >= 11 is 7.01. The van der Waals surface area contributed by atoms with Crippen LogP contribution in [0.5, 0.6) is 0 Å². The van der Waals surface area contributed by atoms with Crippen LogP contribution < -0.4 is 11.2 Å². The van der Waals surface area contributed by atoms with E-state index in [0.717, 1.165) is 29.8 Å². The van der Waals surface area contributed by atoms with E-state index in [1.807, 2.05) is 0 Å². The van der Waals surface area contributed by atoms with Crippen LogP contribution in [0.3, 0.4) is 0 Å². The third-order valence-corrected chi connectivity index (χ3v) is 6.99. The Bertz CT molecular complexity index is 1620. The van der Waals surface area contributed by atoms with Crippen LogP contribution in [0.25, 0.3) is 5.69 Å². The van der Waals surface area contributed by atoms with Gasteiger partial charge in [-0.25, -0.2) is 23.5 Å². The normalized spacial score (nSPS) is 15.7. The Morgan fingerprint density at radius 2 is 1.82 bits per heavy atom. The second-order valence-electron chi connectivity index (χ2n) is 8.29. The molecule has 15 heteroatoms. The van der Waals surface area contributed by atoms with E-state index in [4.69, 9.17) is 11.6 Å². The van der Waals surface area contributed by atoms with Crippen LogP contribution >= 0.6 is 23.4 Å². The highest BCUT2D eigenvalue weighted by Crippen LogP contribution is 2.34. The minimum absolute atomic E-state index is 0.0547. The number of nitrogens with zero attached hydrogens (tertiary/aromatic N) is 4. The van der Waals surface area contributed by atoms with Crippen molar-refractivity contribution < 1.29 is 32.3 Å². The van der Waals surface area contributed by atoms with E-state index in [-0.39, 0.29) is 43.3 Å². The van der Waals surface area contributed by atoms with E-state index in [9.17, 15) is 41.8 Å². The largest absolute Gasteiger partial charge is 0.480 e. The van der Waals surface area contributed by atoms with Gasteiger partial charge in [0.05, 0.1) is 22.2 Å². The third-order valence-electron chi connectivity index (χ3n) is 5.75. The number of aliphatic imine (C=N–C) groups is 1. The number of hydrogen-bond acceptors (Lipinski definition) is 6. The minimum atomic E-state index is -5.02. The van der Waals surface area contributed by atoms with Crippen LogP contribution in [0.4, 0.5) is 23.2 Å². The summed E-state index contributed by atoms with van der Waals surface area (Å²) in [5.74, 6) is -3.23. The number of aromatic nitrogens is 2. The molecule has 2 aromatic carbocycles. The third kappa shape index (κ3) is 5.61. The van der Waals surface area contributed by atoms with Crippen molar-refractivity contribution in [1.82, 2.24) is 14.0 Å². The fourth-order valence-corrected chi connectivity index (χ4v) is 5.01. The maximum atomic E-state index is 14.9. The Labute approximate surface area is 226 Å². The number of carboxylic acid groups (broad SMARTS) is 1. The van der Waals surface area contributed by atoms with Gasteiger partial charge in [0.2, 0.25) is 5.91 Å². The van der Waals surface area contributed by atoms with Crippen molar-refractivity contribution >= 4 is 46.1 Å². The molecule has 1 aliphatic heterocycles. The lowest BCUT2D eigenvalue weighted by atomic mass is 10.1. The zero-order chi connectivity index (χ0) is 28.6. The molecule has 1 unspecified atom stereocenters. The van der Waals surface area contributed by atoms with E-state index in [0.29, 0.717) is 11.6 Å². The number of carboxylic acids is 1. The van der Waals surface area contributed by atoms with E-state index in [2.05, 4.69) is 4.99 Å². The Kier molecular flexibility index (Phi) is 7.70. The topological polar surface area (TPSA) is 114 Å². The molecular weight excluding hydrogens is 568 g/mol. The maximum absolute atomic E-state index is 14.9. The molecule has 4 rings (SSSR count). The summed E-state index contributed by atoms with van der Waals surface area (Å²) in [7, 11) is 0.771. The number of rotatable bonds is 6. The Morgan fingerprint density at radius 3 is 2.44 bits per heavy atom. The number of amidine groups is 1. The van der Waals surface area contributed by atoms with Crippen molar-refractivity contribution in [1.29, 1.82) is 0 Å². The SMILES string of the molecule is Cn1c(C(F)(F)F)cc(=O)n(-c2cc(N=C3SCC(=O)N3C(Cc3ccccc3)C(=O)O)c(Cl)cc2F)c1=O. The minimum Gasteiger partial charge on any atom is -0.480 e. The van der Waals surface area contributed by atoms with Gasteiger partial charge in [-0.2, -0.15) is 13.2 Å². The summed E-state index contributed by atoms with van der Waals surface area (Å²) in [5, 5.41) is 9.45. The molecule has 1 saturated heterocycles. The lowest BCUT2D eigenvalue weighted by Crippen LogP contribution is -2.46. The van der Waals surface area contributed by atoms with Crippen molar-refractivity contribution in [2.24, 2.45) is 12.0 Å². The van der Waals surface area contributed by atoms with Gasteiger partial charge in [0.15, 0.2) is 5.17 Å². The molecule has 39 heavy (non-hydrogen) atoms. The first-order chi connectivity index (χ1) is 18.3. The number of carbonyl (C=O) groups excluding carboxylic acids is 1. The summed E-state index contributed by atoms with van der Waals surface area (Å²) in [5.41, 5.74) is -4.82. The number of aliphatic carboxylic acids is 1. The molecule has 3 aromatic rings. The lowest BCUT2D eigenvalue weighted by Gasteiger charge is -2.24. The van der Waals surface area contributed by atoms with Crippen LogP contribution in [-0.2, 0) is 29.2 Å². The van der Waals surface area contributed by atoms with Crippen LogP contribution in [0.1, 0.15) is 11.3 Å². The zero-order valence-electron chi connectivity index (χ0n) is 19.8. The molecule has 0 aliphatic carbocycles. The molecule has 0 spiro atoms. The molecule has 1 amide bonds. The quantitative estimate of drug-likeness (QED) is 0.443. The maximum Gasteiger partial charge on any atom is 0.431 e. The lowest BCUT2D eigenvalue weighted by molar-refractivity contribution is -0.145. The molecule has 1 atom stereocenters. The monoisotopic (exact) mass is 584 g/mol. The predicted molar refractivity (Wildman–Crippen MR) is 135 cm³/mol. The van der Waals surface area contributed by atoms with Crippen LogP contribution in [0.2, 0.25) is 5.02 Å². The van der Waals surface area contributed by atoms with Crippen molar-refractivity contribution in [3.05, 3.63) is 91.5 Å². The van der Waals surface area contributed by atoms with Gasteiger partial charge >= 0.3 is 17.8 Å². The molecule has 0 radical (unpaired) electrons. The fraction of sp³-hybridized carbons (Fsp3) is 0.208. The van der Waals surface area contributed by atoms with Crippen molar-refractivity contribution in [2.45, 2.75) is 18.6 Å². The fourth-order valence-electron chi connectivity index (χ4n) is 3.90. The molecule has 1 N–H and O–H groups in total. The number of carbonyl (C=O) groups is 2. The summed E-state index contributed by atoms with van der Waals surface area (Å²) in [6, 6.07) is 8.88. The highest BCUT2D eigenvalue weighted by molar-refractivity contribution is 8.15. The molecule has 9 nitrogen and oxygen atoms in total. The molecular formula is C24H17ClF4N4O5S. The Morgan fingerprint density at radius 1 is 1.15 bits per heavy atom. The summed E-state index contributed by atoms with van der Waals surface area (Å²) in [6.07, 6.45) is -5.07. The van der Waals surface area contributed by atoms with Crippen LogP contribution in [-0.4, -0.2) is 48.0 Å². The Hall–Kier alpha value is -3.91. The Balaban J connectivity index is 1.82. The number of benzene rings is 2. The number of alkyl halides is 3. The first-order valence-electron chi connectivity index (χ1n) is 11.0. The molecule has 1 fully saturated rings. The van der Waals surface area contributed by atoms with Crippen molar-refractivity contribution in [2.75, 3.05) is 5.75 Å².